The fourth-order valence-corrected chi connectivity index (χ4v) is 0.978. The van der Waals surface area contributed by atoms with Crippen LogP contribution in [0.3, 0.4) is 0 Å². The summed E-state index contributed by atoms with van der Waals surface area (Å²) in [6.45, 7) is 7.33. The van der Waals surface area contributed by atoms with Gasteiger partial charge >= 0.3 is 0 Å². The lowest BCUT2D eigenvalue weighted by atomic mass is 10.2. The Morgan fingerprint density at radius 2 is 1.81 bits per heavy atom. The highest BCUT2D eigenvalue weighted by Gasteiger charge is 2.05. The number of hydrogen-bond acceptors (Lipinski definition) is 3. The van der Waals surface area contributed by atoms with Crippen LogP contribution in [-0.2, 0) is 14.3 Å². The number of rotatable bonds is 8. The van der Waals surface area contributed by atoms with E-state index in [1.54, 1.807) is 0 Å². The number of hydrogen-bond donors (Lipinski definition) is 2. The number of carbonyl (C=O) groups is 2. The minimum Gasteiger partial charge on any atom is -0.372 e. The first kappa shape index (κ1) is 14.9. The lowest BCUT2D eigenvalue weighted by Gasteiger charge is -2.08. The predicted octanol–water partition coefficient (Wildman–Crippen LogP) is 0.301. The first-order valence-electron chi connectivity index (χ1n) is 5.70. The van der Waals surface area contributed by atoms with Crippen LogP contribution in [0.4, 0.5) is 0 Å². The Bertz CT molecular complexity index is 217. The van der Waals surface area contributed by atoms with E-state index < -0.39 is 0 Å². The standard InChI is InChI=1S/C11H22N2O3/c1-4-16-8-10(14)12-6-5-7-13-11(15)9(2)3/h9H,4-8H2,1-3H3,(H,12,14)(H,13,15). The normalized spacial score (nSPS) is 10.2. The molecule has 0 heterocycles. The molecule has 5 nitrogen and oxygen atoms in total. The molecule has 16 heavy (non-hydrogen) atoms. The van der Waals surface area contributed by atoms with Crippen LogP contribution in [0.2, 0.25) is 0 Å². The number of ether oxygens (including phenoxy) is 1. The Hall–Kier alpha value is -1.10. The third-order valence-electron chi connectivity index (χ3n) is 1.94. The monoisotopic (exact) mass is 230 g/mol. The minimum atomic E-state index is -0.114. The maximum Gasteiger partial charge on any atom is 0.245 e. The van der Waals surface area contributed by atoms with Crippen molar-refractivity contribution in [1.82, 2.24) is 10.6 Å². The van der Waals surface area contributed by atoms with Crippen molar-refractivity contribution in [3.63, 3.8) is 0 Å². The number of amides is 2. The highest BCUT2D eigenvalue weighted by molar-refractivity contribution is 5.78. The van der Waals surface area contributed by atoms with Crippen molar-refractivity contribution in [2.75, 3.05) is 26.3 Å². The quantitative estimate of drug-likeness (QED) is 0.589. The molecule has 0 aromatic rings. The molecule has 0 radical (unpaired) electrons. The number of nitrogens with one attached hydrogen (secondary N) is 2. The Morgan fingerprint density at radius 3 is 2.38 bits per heavy atom. The van der Waals surface area contributed by atoms with Crippen LogP contribution in [0.5, 0.6) is 0 Å². The van der Waals surface area contributed by atoms with E-state index in [-0.39, 0.29) is 24.3 Å². The van der Waals surface area contributed by atoms with E-state index in [0.29, 0.717) is 19.7 Å². The van der Waals surface area contributed by atoms with E-state index in [1.165, 1.54) is 0 Å². The maximum atomic E-state index is 11.2. The van der Waals surface area contributed by atoms with Crippen molar-refractivity contribution < 1.29 is 14.3 Å². The predicted molar refractivity (Wildman–Crippen MR) is 62.0 cm³/mol. The van der Waals surface area contributed by atoms with Gasteiger partial charge in [-0.2, -0.15) is 0 Å². The van der Waals surface area contributed by atoms with Crippen LogP contribution < -0.4 is 10.6 Å². The Morgan fingerprint density at radius 1 is 1.19 bits per heavy atom. The van der Waals surface area contributed by atoms with Crippen molar-refractivity contribution in [1.29, 1.82) is 0 Å². The summed E-state index contributed by atoms with van der Waals surface area (Å²) >= 11 is 0. The Balaban J connectivity index is 3.33. The highest BCUT2D eigenvalue weighted by Crippen LogP contribution is 1.89. The summed E-state index contributed by atoms with van der Waals surface area (Å²) in [6, 6.07) is 0. The third kappa shape index (κ3) is 8.23. The van der Waals surface area contributed by atoms with E-state index in [1.807, 2.05) is 20.8 Å². The molecule has 0 unspecified atom stereocenters. The summed E-state index contributed by atoms with van der Waals surface area (Å²) in [7, 11) is 0. The fourth-order valence-electron chi connectivity index (χ4n) is 0.978. The van der Waals surface area contributed by atoms with Crippen LogP contribution in [0, 0.1) is 5.92 Å². The first-order valence-corrected chi connectivity index (χ1v) is 5.70. The maximum absolute atomic E-state index is 11.2. The number of carbonyl (C=O) groups excluding carboxylic acids is 2. The molecule has 0 aromatic heterocycles. The zero-order valence-corrected chi connectivity index (χ0v) is 10.3. The summed E-state index contributed by atoms with van der Waals surface area (Å²) in [6.07, 6.45) is 0.732. The lowest BCUT2D eigenvalue weighted by Crippen LogP contribution is -2.33. The molecule has 0 aliphatic heterocycles. The van der Waals surface area contributed by atoms with Gasteiger partial charge in [-0.05, 0) is 13.3 Å². The Labute approximate surface area is 96.9 Å². The summed E-state index contributed by atoms with van der Waals surface area (Å²) < 4.78 is 4.94. The van der Waals surface area contributed by atoms with Crippen molar-refractivity contribution >= 4 is 11.8 Å². The summed E-state index contributed by atoms with van der Waals surface area (Å²) in [5, 5.41) is 5.48. The van der Waals surface area contributed by atoms with Gasteiger partial charge in [-0.1, -0.05) is 13.8 Å². The third-order valence-corrected chi connectivity index (χ3v) is 1.94. The van der Waals surface area contributed by atoms with Crippen LogP contribution in [0.25, 0.3) is 0 Å². The molecule has 0 aliphatic carbocycles. The topological polar surface area (TPSA) is 67.4 Å². The molecule has 0 aromatic carbocycles. The van der Waals surface area contributed by atoms with Crippen molar-refractivity contribution in [3.8, 4) is 0 Å². The zero-order valence-electron chi connectivity index (χ0n) is 10.3. The van der Waals surface area contributed by atoms with Gasteiger partial charge < -0.3 is 15.4 Å². The second-order valence-electron chi connectivity index (χ2n) is 3.79. The largest absolute Gasteiger partial charge is 0.372 e. The smallest absolute Gasteiger partial charge is 0.245 e. The van der Waals surface area contributed by atoms with E-state index >= 15 is 0 Å². The highest BCUT2D eigenvalue weighted by atomic mass is 16.5. The van der Waals surface area contributed by atoms with E-state index in [9.17, 15) is 9.59 Å². The van der Waals surface area contributed by atoms with Crippen molar-refractivity contribution in [2.24, 2.45) is 5.92 Å². The van der Waals surface area contributed by atoms with Gasteiger partial charge in [-0.25, -0.2) is 0 Å². The van der Waals surface area contributed by atoms with Gasteiger partial charge in [0.1, 0.15) is 6.61 Å². The van der Waals surface area contributed by atoms with Gasteiger partial charge in [0.25, 0.3) is 0 Å². The molecular weight excluding hydrogens is 208 g/mol. The van der Waals surface area contributed by atoms with Crippen LogP contribution in [-0.4, -0.2) is 38.1 Å². The molecule has 5 heteroatoms. The average Bonchev–Trinajstić information content (AvgIpc) is 2.25. The van der Waals surface area contributed by atoms with Crippen LogP contribution in [0.1, 0.15) is 27.2 Å². The molecule has 0 saturated heterocycles. The fraction of sp³-hybridized carbons (Fsp3) is 0.818. The first-order chi connectivity index (χ1) is 7.57. The van der Waals surface area contributed by atoms with Crippen LogP contribution in [0.15, 0.2) is 0 Å². The second-order valence-corrected chi connectivity index (χ2v) is 3.79. The van der Waals surface area contributed by atoms with Gasteiger partial charge in [0.15, 0.2) is 0 Å². The van der Waals surface area contributed by atoms with Gasteiger partial charge in [0, 0.05) is 25.6 Å². The summed E-state index contributed by atoms with van der Waals surface area (Å²) in [4.78, 5) is 22.2. The van der Waals surface area contributed by atoms with E-state index in [4.69, 9.17) is 4.74 Å². The molecule has 0 fully saturated rings. The average molecular weight is 230 g/mol. The Kier molecular flexibility index (Phi) is 8.52. The van der Waals surface area contributed by atoms with Gasteiger partial charge in [0.2, 0.25) is 11.8 Å². The minimum absolute atomic E-state index is 0.00699. The lowest BCUT2D eigenvalue weighted by molar-refractivity contribution is -0.125. The van der Waals surface area contributed by atoms with Crippen molar-refractivity contribution in [2.45, 2.75) is 27.2 Å². The molecule has 94 valence electrons. The molecule has 0 aliphatic rings. The van der Waals surface area contributed by atoms with Gasteiger partial charge in [-0.3, -0.25) is 9.59 Å². The molecule has 0 atom stereocenters. The van der Waals surface area contributed by atoms with Gasteiger partial charge in [0.05, 0.1) is 0 Å². The molecule has 0 spiro atoms. The van der Waals surface area contributed by atoms with Crippen LogP contribution >= 0.6 is 0 Å². The summed E-state index contributed by atoms with van der Waals surface area (Å²) in [5.41, 5.74) is 0. The molecule has 0 bridgehead atoms. The summed E-state index contributed by atoms with van der Waals surface area (Å²) in [5.74, 6) is -0.0646. The molecule has 0 saturated carbocycles. The van der Waals surface area contributed by atoms with Gasteiger partial charge in [-0.15, -0.1) is 0 Å². The SMILES string of the molecule is CCOCC(=O)NCCCNC(=O)C(C)C. The van der Waals surface area contributed by atoms with Crippen molar-refractivity contribution in [3.05, 3.63) is 0 Å². The molecular formula is C11H22N2O3. The van der Waals surface area contributed by atoms with E-state index in [2.05, 4.69) is 10.6 Å². The zero-order chi connectivity index (χ0) is 12.4. The second kappa shape index (κ2) is 9.15. The molecule has 0 rings (SSSR count). The molecule has 2 N–H and O–H groups in total. The molecule has 2 amide bonds. The van der Waals surface area contributed by atoms with E-state index in [0.717, 1.165) is 6.42 Å².